The highest BCUT2D eigenvalue weighted by molar-refractivity contribution is 8.01. The summed E-state index contributed by atoms with van der Waals surface area (Å²) in [6.45, 7) is 0. The van der Waals surface area contributed by atoms with Crippen LogP contribution >= 0.6 is 35.1 Å². The third kappa shape index (κ3) is 5.58. The third-order valence-corrected chi connectivity index (χ3v) is 2.52. The Kier molecular flexibility index (Phi) is 8.14. The molecule has 4 nitrogen and oxygen atoms in total. The molecule has 1 heterocycles. The fourth-order valence-corrected chi connectivity index (χ4v) is 1.42. The van der Waals surface area contributed by atoms with E-state index in [1.54, 1.807) is 18.0 Å². The Morgan fingerprint density at radius 1 is 1.64 bits per heavy atom. The van der Waals surface area contributed by atoms with Gasteiger partial charge in [0.05, 0.1) is 11.9 Å². The van der Waals surface area contributed by atoms with Crippen molar-refractivity contribution in [2.45, 2.75) is 0 Å². The molecule has 1 aliphatic heterocycles. The zero-order valence-electron chi connectivity index (χ0n) is 8.00. The number of nitrogens with one attached hydrogen (secondary N) is 1. The second kappa shape index (κ2) is 8.21. The topological polar surface area (TPSA) is 42.3 Å². The fourth-order valence-electron chi connectivity index (χ4n) is 0.553. The molecule has 0 aromatic heterocycles. The first-order chi connectivity index (χ1) is 6.65. The van der Waals surface area contributed by atoms with Gasteiger partial charge in [-0.1, -0.05) is 0 Å². The van der Waals surface area contributed by atoms with E-state index < -0.39 is 0 Å². The van der Waals surface area contributed by atoms with Gasteiger partial charge in [-0.05, 0) is 11.9 Å². The molecule has 0 bridgehead atoms. The molecule has 0 saturated heterocycles. The zero-order valence-corrected chi connectivity index (χ0v) is 10.3. The fraction of sp³-hybridized carbons (Fsp3) is 0.571. The lowest BCUT2D eigenvalue weighted by molar-refractivity contribution is 0.0659. The molecule has 80 valence electrons. The van der Waals surface area contributed by atoms with Gasteiger partial charge >= 0.3 is 0 Å². The van der Waals surface area contributed by atoms with Crippen molar-refractivity contribution in [2.75, 3.05) is 25.9 Å². The first-order valence-corrected chi connectivity index (χ1v) is 5.62. The van der Waals surface area contributed by atoms with Crippen molar-refractivity contribution in [1.29, 1.82) is 5.26 Å². The van der Waals surface area contributed by atoms with Gasteiger partial charge in [-0.3, -0.25) is 0 Å². The number of hydrazine groups is 2. The molecule has 1 aliphatic rings. The molecule has 1 rings (SSSR count). The summed E-state index contributed by atoms with van der Waals surface area (Å²) in [5.41, 5.74) is 0. The summed E-state index contributed by atoms with van der Waals surface area (Å²) in [6, 6.07) is 1.70. The Balaban J connectivity index is 0.000000364. The second-order valence-corrected chi connectivity index (χ2v) is 3.85. The molecule has 0 unspecified atom stereocenters. The standard InChI is InChI=1S/C5H10ClN3S.C2H2ClN/c1-8(2)9-4-5(3-6)10-7-9;3-1-2-4/h4,7H,3H2,1-2H3;1H2. The van der Waals surface area contributed by atoms with Crippen molar-refractivity contribution in [2.24, 2.45) is 0 Å². The van der Waals surface area contributed by atoms with Crippen LogP contribution in [-0.4, -0.2) is 36.0 Å². The minimum Gasteiger partial charge on any atom is -0.236 e. The Morgan fingerprint density at radius 2 is 2.21 bits per heavy atom. The molecule has 0 aromatic rings. The van der Waals surface area contributed by atoms with Crippen molar-refractivity contribution in [3.63, 3.8) is 0 Å². The molecule has 0 atom stereocenters. The van der Waals surface area contributed by atoms with Gasteiger partial charge in [0.2, 0.25) is 0 Å². The largest absolute Gasteiger partial charge is 0.236 e. The van der Waals surface area contributed by atoms with Crippen LogP contribution in [0.1, 0.15) is 0 Å². The van der Waals surface area contributed by atoms with Crippen molar-refractivity contribution in [3.8, 4) is 6.07 Å². The molecule has 0 aliphatic carbocycles. The van der Waals surface area contributed by atoms with E-state index in [9.17, 15) is 0 Å². The van der Waals surface area contributed by atoms with Crippen LogP contribution in [0, 0.1) is 11.3 Å². The number of allylic oxidation sites excluding steroid dienone is 1. The summed E-state index contributed by atoms with van der Waals surface area (Å²) in [7, 11) is 3.92. The van der Waals surface area contributed by atoms with E-state index in [2.05, 4.69) is 4.83 Å². The van der Waals surface area contributed by atoms with Crippen molar-refractivity contribution in [3.05, 3.63) is 11.1 Å². The van der Waals surface area contributed by atoms with Crippen LogP contribution in [0.4, 0.5) is 0 Å². The lowest BCUT2D eigenvalue weighted by atomic mass is 10.7. The number of hydrogen-bond acceptors (Lipinski definition) is 5. The Hall–Kier alpha value is -0.120. The van der Waals surface area contributed by atoms with E-state index in [1.807, 2.05) is 30.4 Å². The van der Waals surface area contributed by atoms with Gasteiger partial charge < -0.3 is 0 Å². The normalized spacial score (nSPS) is 14.6. The van der Waals surface area contributed by atoms with Gasteiger partial charge in [0.25, 0.3) is 0 Å². The molecule has 7 heteroatoms. The number of halogens is 2. The van der Waals surface area contributed by atoms with E-state index >= 15 is 0 Å². The predicted octanol–water partition coefficient (Wildman–Crippen LogP) is 1.76. The Bertz CT molecular complexity index is 226. The van der Waals surface area contributed by atoms with E-state index in [1.165, 1.54) is 0 Å². The smallest absolute Gasteiger partial charge is 0.109 e. The number of nitriles is 1. The van der Waals surface area contributed by atoms with Crippen LogP contribution in [0.5, 0.6) is 0 Å². The van der Waals surface area contributed by atoms with Gasteiger partial charge in [0.15, 0.2) is 0 Å². The molecule has 1 N–H and O–H groups in total. The van der Waals surface area contributed by atoms with Gasteiger partial charge in [-0.25, -0.2) is 10.1 Å². The Morgan fingerprint density at radius 3 is 2.43 bits per heavy atom. The predicted molar refractivity (Wildman–Crippen MR) is 61.4 cm³/mol. The summed E-state index contributed by atoms with van der Waals surface area (Å²) < 4.78 is 0. The molecule has 14 heavy (non-hydrogen) atoms. The van der Waals surface area contributed by atoms with Crippen LogP contribution in [0.2, 0.25) is 0 Å². The van der Waals surface area contributed by atoms with Crippen LogP contribution in [0.25, 0.3) is 0 Å². The molecular formula is C7H12Cl2N4S. The van der Waals surface area contributed by atoms with E-state index in [4.69, 9.17) is 28.5 Å². The summed E-state index contributed by atoms with van der Waals surface area (Å²) >= 11 is 12.0. The highest BCUT2D eigenvalue weighted by Gasteiger charge is 2.12. The average Bonchev–Trinajstić information content (AvgIpc) is 2.66. The monoisotopic (exact) mass is 254 g/mol. The molecule has 0 aromatic carbocycles. The molecule has 0 radical (unpaired) electrons. The molecular weight excluding hydrogens is 243 g/mol. The van der Waals surface area contributed by atoms with Gasteiger partial charge in [-0.2, -0.15) is 10.1 Å². The maximum absolute atomic E-state index is 7.49. The first kappa shape index (κ1) is 13.9. The van der Waals surface area contributed by atoms with Crippen LogP contribution < -0.4 is 4.83 Å². The number of rotatable bonds is 2. The number of hydrogen-bond donors (Lipinski definition) is 1. The Labute approximate surface area is 98.5 Å². The third-order valence-electron chi connectivity index (χ3n) is 1.16. The molecule has 0 amide bonds. The summed E-state index contributed by atoms with van der Waals surface area (Å²) in [4.78, 5) is 4.19. The zero-order chi connectivity index (χ0) is 11.0. The number of nitrogens with zero attached hydrogens (tertiary/aromatic N) is 3. The van der Waals surface area contributed by atoms with E-state index in [-0.39, 0.29) is 5.88 Å². The van der Waals surface area contributed by atoms with Gasteiger partial charge in [0.1, 0.15) is 5.88 Å². The minimum atomic E-state index is 0.0972. The molecule has 0 fully saturated rings. The van der Waals surface area contributed by atoms with Crippen LogP contribution in [-0.2, 0) is 0 Å². The van der Waals surface area contributed by atoms with Gasteiger partial charge in [0, 0.05) is 25.2 Å². The highest BCUT2D eigenvalue weighted by atomic mass is 35.5. The average molecular weight is 255 g/mol. The molecule has 0 spiro atoms. The van der Waals surface area contributed by atoms with E-state index in [0.717, 1.165) is 4.91 Å². The summed E-state index contributed by atoms with van der Waals surface area (Å²) in [6.07, 6.45) is 1.97. The second-order valence-electron chi connectivity index (χ2n) is 2.41. The lowest BCUT2D eigenvalue weighted by Gasteiger charge is -2.21. The van der Waals surface area contributed by atoms with Crippen LogP contribution in [0.15, 0.2) is 11.1 Å². The molecule has 0 saturated carbocycles. The van der Waals surface area contributed by atoms with E-state index in [0.29, 0.717) is 5.88 Å². The maximum Gasteiger partial charge on any atom is 0.109 e. The quantitative estimate of drug-likeness (QED) is 0.601. The van der Waals surface area contributed by atoms with Crippen molar-refractivity contribution >= 4 is 35.1 Å². The highest BCUT2D eigenvalue weighted by Crippen LogP contribution is 2.20. The van der Waals surface area contributed by atoms with Crippen LogP contribution in [0.3, 0.4) is 0 Å². The van der Waals surface area contributed by atoms with Crippen molar-refractivity contribution < 1.29 is 0 Å². The first-order valence-electron chi connectivity index (χ1n) is 3.74. The maximum atomic E-state index is 7.49. The SMILES string of the molecule is CN(C)N1C=C(CCl)SN1.N#CCCl. The summed E-state index contributed by atoms with van der Waals surface area (Å²) in [5, 5.41) is 11.3. The van der Waals surface area contributed by atoms with Crippen molar-refractivity contribution in [1.82, 2.24) is 15.0 Å². The summed E-state index contributed by atoms with van der Waals surface area (Å²) in [5.74, 6) is 0.669. The van der Waals surface area contributed by atoms with Gasteiger partial charge in [-0.15, -0.1) is 23.2 Å². The minimum absolute atomic E-state index is 0.0972. The number of alkyl halides is 2. The lowest BCUT2D eigenvalue weighted by Crippen LogP contribution is -2.36.